The molecular weight excluding hydrogens is 214 g/mol. The zero-order valence-corrected chi connectivity index (χ0v) is 10.6. The van der Waals surface area contributed by atoms with Crippen molar-refractivity contribution in [2.45, 2.75) is 33.1 Å². The summed E-state index contributed by atoms with van der Waals surface area (Å²) < 4.78 is 5.16. The number of esters is 1. The summed E-state index contributed by atoms with van der Waals surface area (Å²) in [6, 6.07) is 6.18. The second-order valence-corrected chi connectivity index (χ2v) is 5.26. The van der Waals surface area contributed by atoms with Crippen LogP contribution in [0.5, 0.6) is 5.75 Å². The molecule has 0 atom stereocenters. The van der Waals surface area contributed by atoms with Crippen molar-refractivity contribution in [2.24, 2.45) is 0 Å². The largest absolute Gasteiger partial charge is 0.424 e. The summed E-state index contributed by atoms with van der Waals surface area (Å²) in [4.78, 5) is 14.1. The van der Waals surface area contributed by atoms with Crippen LogP contribution in [0, 0.1) is 0 Å². The molecule has 1 heterocycles. The first-order valence-electron chi connectivity index (χ1n) is 5.68. The highest BCUT2D eigenvalue weighted by Crippen LogP contribution is 2.31. The molecule has 0 bridgehead atoms. The lowest BCUT2D eigenvalue weighted by atomic mass is 9.86. The Bertz CT molecular complexity index is 561. The fourth-order valence-corrected chi connectivity index (χ4v) is 1.80. The molecule has 0 aliphatic heterocycles. The Hall–Kier alpha value is -1.77. The number of carbonyl (C=O) groups excluding carboxylic acids is 1. The van der Waals surface area contributed by atoms with Crippen molar-refractivity contribution in [3.8, 4) is 5.75 Å². The molecule has 2 rings (SSSR count). The number of benzene rings is 1. The topological polar surface area (TPSA) is 42.1 Å². The highest BCUT2D eigenvalue weighted by atomic mass is 16.5. The van der Waals surface area contributed by atoms with Gasteiger partial charge in [-0.15, -0.1) is 0 Å². The van der Waals surface area contributed by atoms with Crippen LogP contribution >= 0.6 is 0 Å². The zero-order chi connectivity index (χ0) is 12.6. The molecule has 1 N–H and O–H groups in total. The van der Waals surface area contributed by atoms with Gasteiger partial charge in [-0.25, -0.2) is 0 Å². The third-order valence-electron chi connectivity index (χ3n) is 2.76. The molecule has 1 aromatic carbocycles. The molecule has 90 valence electrons. The lowest BCUT2D eigenvalue weighted by Crippen LogP contribution is -2.10. The molecule has 2 aromatic rings. The van der Waals surface area contributed by atoms with Crippen molar-refractivity contribution in [1.29, 1.82) is 0 Å². The number of hydrogen-bond acceptors (Lipinski definition) is 2. The van der Waals surface area contributed by atoms with E-state index in [2.05, 4.69) is 37.9 Å². The predicted molar refractivity (Wildman–Crippen MR) is 68.3 cm³/mol. The standard InChI is InChI=1S/C14H17NO2/c1-9(16)17-13-8-15-12-6-5-10(7-11(12)13)14(2,3)4/h5-8,15H,1-4H3. The molecular formula is C14H17NO2. The fraction of sp³-hybridized carbons (Fsp3) is 0.357. The van der Waals surface area contributed by atoms with Crippen LogP contribution in [0.4, 0.5) is 0 Å². The quantitative estimate of drug-likeness (QED) is 0.764. The highest BCUT2D eigenvalue weighted by molar-refractivity contribution is 5.89. The highest BCUT2D eigenvalue weighted by Gasteiger charge is 2.16. The Labute approximate surface area is 101 Å². The predicted octanol–water partition coefficient (Wildman–Crippen LogP) is 3.39. The van der Waals surface area contributed by atoms with Crippen molar-refractivity contribution >= 4 is 16.9 Å². The SMILES string of the molecule is CC(=O)Oc1c[nH]c2ccc(C(C)(C)C)cc12. The van der Waals surface area contributed by atoms with Crippen LogP contribution < -0.4 is 4.74 Å². The number of hydrogen-bond donors (Lipinski definition) is 1. The number of rotatable bonds is 1. The van der Waals surface area contributed by atoms with Gasteiger partial charge in [0.25, 0.3) is 0 Å². The molecule has 0 unspecified atom stereocenters. The molecule has 0 saturated heterocycles. The van der Waals surface area contributed by atoms with Crippen LogP contribution in [0.3, 0.4) is 0 Å². The second-order valence-electron chi connectivity index (χ2n) is 5.26. The van der Waals surface area contributed by atoms with Gasteiger partial charge >= 0.3 is 5.97 Å². The molecule has 3 nitrogen and oxygen atoms in total. The van der Waals surface area contributed by atoms with Crippen LogP contribution in [0.15, 0.2) is 24.4 Å². The van der Waals surface area contributed by atoms with Gasteiger partial charge in [0.15, 0.2) is 5.75 Å². The molecule has 0 radical (unpaired) electrons. The molecule has 17 heavy (non-hydrogen) atoms. The third kappa shape index (κ3) is 2.33. The van der Waals surface area contributed by atoms with Crippen molar-refractivity contribution < 1.29 is 9.53 Å². The van der Waals surface area contributed by atoms with E-state index in [0.29, 0.717) is 5.75 Å². The zero-order valence-electron chi connectivity index (χ0n) is 10.6. The minimum Gasteiger partial charge on any atom is -0.424 e. The molecule has 3 heteroatoms. The monoisotopic (exact) mass is 231 g/mol. The number of nitrogens with one attached hydrogen (secondary N) is 1. The van der Waals surface area contributed by atoms with E-state index in [1.807, 2.05) is 6.07 Å². The third-order valence-corrected chi connectivity index (χ3v) is 2.76. The Kier molecular flexibility index (Phi) is 2.69. The Morgan fingerprint density at radius 2 is 2.00 bits per heavy atom. The van der Waals surface area contributed by atoms with Gasteiger partial charge in [0.1, 0.15) is 0 Å². The Morgan fingerprint density at radius 3 is 2.59 bits per heavy atom. The number of fused-ring (bicyclic) bond motifs is 1. The van der Waals surface area contributed by atoms with Crippen molar-refractivity contribution in [2.75, 3.05) is 0 Å². The fourth-order valence-electron chi connectivity index (χ4n) is 1.80. The van der Waals surface area contributed by atoms with Crippen molar-refractivity contribution in [3.63, 3.8) is 0 Å². The summed E-state index contributed by atoms with van der Waals surface area (Å²) in [7, 11) is 0. The molecule has 0 spiro atoms. The van der Waals surface area contributed by atoms with E-state index in [1.165, 1.54) is 12.5 Å². The average molecular weight is 231 g/mol. The van der Waals surface area contributed by atoms with Crippen LogP contribution in [-0.2, 0) is 10.2 Å². The molecule has 0 amide bonds. The van der Waals surface area contributed by atoms with E-state index in [4.69, 9.17) is 4.74 Å². The molecule has 1 aromatic heterocycles. The first-order valence-corrected chi connectivity index (χ1v) is 5.68. The summed E-state index contributed by atoms with van der Waals surface area (Å²) in [5, 5.41) is 0.952. The number of carbonyl (C=O) groups is 1. The van der Waals surface area contributed by atoms with Crippen LogP contribution in [0.25, 0.3) is 10.9 Å². The minimum absolute atomic E-state index is 0.0823. The van der Waals surface area contributed by atoms with Gasteiger partial charge in [-0.3, -0.25) is 4.79 Å². The van der Waals surface area contributed by atoms with E-state index >= 15 is 0 Å². The summed E-state index contributed by atoms with van der Waals surface area (Å²) in [5.74, 6) is 0.297. The second kappa shape index (κ2) is 3.91. The van der Waals surface area contributed by atoms with Gasteiger partial charge in [-0.2, -0.15) is 0 Å². The lowest BCUT2D eigenvalue weighted by molar-refractivity contribution is -0.131. The molecule has 0 fully saturated rings. The maximum absolute atomic E-state index is 11.0. The summed E-state index contributed by atoms with van der Waals surface area (Å²) in [6.07, 6.45) is 1.72. The van der Waals surface area contributed by atoms with E-state index in [-0.39, 0.29) is 11.4 Å². The number of H-pyrrole nitrogens is 1. The van der Waals surface area contributed by atoms with Gasteiger partial charge in [0.05, 0.1) is 0 Å². The normalized spacial score (nSPS) is 11.8. The van der Waals surface area contributed by atoms with E-state index in [1.54, 1.807) is 6.20 Å². The van der Waals surface area contributed by atoms with Crippen LogP contribution in [0.1, 0.15) is 33.3 Å². The number of ether oxygens (including phenoxy) is 1. The van der Waals surface area contributed by atoms with Gasteiger partial charge in [0.2, 0.25) is 0 Å². The maximum Gasteiger partial charge on any atom is 0.308 e. The van der Waals surface area contributed by atoms with E-state index in [0.717, 1.165) is 10.9 Å². The average Bonchev–Trinajstić information content (AvgIpc) is 2.59. The summed E-state index contributed by atoms with van der Waals surface area (Å²) in [5.41, 5.74) is 2.28. The van der Waals surface area contributed by atoms with Gasteiger partial charge in [-0.05, 0) is 23.1 Å². The number of aromatic nitrogens is 1. The lowest BCUT2D eigenvalue weighted by Gasteiger charge is -2.18. The van der Waals surface area contributed by atoms with Gasteiger partial charge in [-0.1, -0.05) is 26.8 Å². The van der Waals surface area contributed by atoms with Crippen LogP contribution in [-0.4, -0.2) is 11.0 Å². The maximum atomic E-state index is 11.0. The smallest absolute Gasteiger partial charge is 0.308 e. The first-order chi connectivity index (χ1) is 7.88. The van der Waals surface area contributed by atoms with Gasteiger partial charge in [0, 0.05) is 24.0 Å². The van der Waals surface area contributed by atoms with E-state index in [9.17, 15) is 4.79 Å². The molecule has 0 saturated carbocycles. The number of aromatic amines is 1. The Balaban J connectivity index is 2.54. The minimum atomic E-state index is -0.299. The summed E-state index contributed by atoms with van der Waals surface area (Å²) in [6.45, 7) is 7.89. The Morgan fingerprint density at radius 1 is 1.29 bits per heavy atom. The van der Waals surface area contributed by atoms with Crippen LogP contribution in [0.2, 0.25) is 0 Å². The van der Waals surface area contributed by atoms with E-state index < -0.39 is 0 Å². The summed E-state index contributed by atoms with van der Waals surface area (Å²) >= 11 is 0. The first kappa shape index (κ1) is 11.7. The molecule has 0 aliphatic rings. The van der Waals surface area contributed by atoms with Crippen molar-refractivity contribution in [3.05, 3.63) is 30.0 Å². The van der Waals surface area contributed by atoms with Crippen molar-refractivity contribution in [1.82, 2.24) is 4.98 Å². The molecule has 0 aliphatic carbocycles. The van der Waals surface area contributed by atoms with Gasteiger partial charge < -0.3 is 9.72 Å².